The number of benzene rings is 1. The maximum atomic E-state index is 13.3. The summed E-state index contributed by atoms with van der Waals surface area (Å²) in [7, 11) is 0. The van der Waals surface area contributed by atoms with Crippen LogP contribution >= 0.6 is 15.9 Å². The van der Waals surface area contributed by atoms with Crippen LogP contribution in [-0.2, 0) is 6.54 Å². The Morgan fingerprint density at radius 3 is 2.72 bits per heavy atom. The van der Waals surface area contributed by atoms with Crippen molar-refractivity contribution in [3.8, 4) is 0 Å². The Kier molecular flexibility index (Phi) is 4.44. The molecule has 0 bridgehead atoms. The number of hydrogen-bond acceptors (Lipinski definition) is 2. The van der Waals surface area contributed by atoms with Crippen molar-refractivity contribution in [1.29, 1.82) is 0 Å². The second-order valence-corrected chi connectivity index (χ2v) is 4.89. The quantitative estimate of drug-likeness (QED) is 0.928. The fourth-order valence-corrected chi connectivity index (χ4v) is 2.12. The van der Waals surface area contributed by atoms with Crippen LogP contribution in [0.2, 0.25) is 0 Å². The van der Waals surface area contributed by atoms with E-state index in [0.717, 1.165) is 11.1 Å². The van der Waals surface area contributed by atoms with Crippen LogP contribution in [0.4, 0.5) is 4.39 Å². The van der Waals surface area contributed by atoms with Gasteiger partial charge in [-0.2, -0.15) is 0 Å². The van der Waals surface area contributed by atoms with Gasteiger partial charge < -0.3 is 5.32 Å². The molecule has 0 aliphatic rings. The molecule has 1 aromatic heterocycles. The zero-order valence-electron chi connectivity index (χ0n) is 10.0. The first-order valence-electron chi connectivity index (χ1n) is 5.74. The molecule has 1 atom stereocenters. The predicted octanol–water partition coefficient (Wildman–Crippen LogP) is 3.83. The lowest BCUT2D eigenvalue weighted by Gasteiger charge is -2.14. The van der Waals surface area contributed by atoms with Gasteiger partial charge in [0.2, 0.25) is 0 Å². The van der Waals surface area contributed by atoms with Crippen molar-refractivity contribution in [3.63, 3.8) is 0 Å². The smallest absolute Gasteiger partial charge is 0.137 e. The standard InChI is InChI=1S/C14H14BrFN2/c1-10(11-5-7-17-8-6-11)18-9-12-3-2-4-13(16)14(12)15/h2-8,10,18H,9H2,1H3/t10-/m0/s1. The average molecular weight is 309 g/mol. The molecular formula is C14H14BrFN2. The Labute approximate surface area is 114 Å². The highest BCUT2D eigenvalue weighted by molar-refractivity contribution is 9.10. The van der Waals surface area contributed by atoms with Gasteiger partial charge in [-0.25, -0.2) is 4.39 Å². The minimum atomic E-state index is -0.231. The molecule has 0 saturated carbocycles. The molecule has 2 rings (SSSR count). The Morgan fingerprint density at radius 1 is 1.28 bits per heavy atom. The van der Waals surface area contributed by atoms with E-state index >= 15 is 0 Å². The van der Waals surface area contributed by atoms with Gasteiger partial charge in [-0.15, -0.1) is 0 Å². The van der Waals surface area contributed by atoms with Crippen molar-refractivity contribution in [2.24, 2.45) is 0 Å². The molecule has 0 fully saturated rings. The van der Waals surface area contributed by atoms with Crippen LogP contribution in [0.5, 0.6) is 0 Å². The van der Waals surface area contributed by atoms with E-state index in [1.165, 1.54) is 6.07 Å². The SMILES string of the molecule is C[C@H](NCc1cccc(F)c1Br)c1ccncc1. The van der Waals surface area contributed by atoms with Gasteiger partial charge in [0.1, 0.15) is 5.82 Å². The monoisotopic (exact) mass is 308 g/mol. The average Bonchev–Trinajstić information content (AvgIpc) is 2.41. The fourth-order valence-electron chi connectivity index (χ4n) is 1.72. The largest absolute Gasteiger partial charge is 0.306 e. The number of halogens is 2. The number of pyridine rings is 1. The molecule has 0 aliphatic heterocycles. The first-order valence-corrected chi connectivity index (χ1v) is 6.54. The summed E-state index contributed by atoms with van der Waals surface area (Å²) < 4.78 is 13.9. The topological polar surface area (TPSA) is 24.9 Å². The molecule has 0 unspecified atom stereocenters. The third kappa shape index (κ3) is 3.15. The van der Waals surface area contributed by atoms with Gasteiger partial charge in [-0.05, 0) is 52.2 Å². The zero-order valence-corrected chi connectivity index (χ0v) is 11.6. The summed E-state index contributed by atoms with van der Waals surface area (Å²) in [5, 5.41) is 3.36. The van der Waals surface area contributed by atoms with Gasteiger partial charge >= 0.3 is 0 Å². The van der Waals surface area contributed by atoms with Gasteiger partial charge in [0.15, 0.2) is 0 Å². The molecule has 4 heteroatoms. The minimum Gasteiger partial charge on any atom is -0.306 e. The molecule has 0 radical (unpaired) electrons. The van der Waals surface area contributed by atoms with Crippen LogP contribution in [0.3, 0.4) is 0 Å². The normalized spacial score (nSPS) is 12.4. The van der Waals surface area contributed by atoms with E-state index in [2.05, 4.69) is 33.2 Å². The zero-order chi connectivity index (χ0) is 13.0. The molecule has 18 heavy (non-hydrogen) atoms. The molecule has 1 aromatic carbocycles. The maximum Gasteiger partial charge on any atom is 0.137 e. The lowest BCUT2D eigenvalue weighted by molar-refractivity contribution is 0.566. The molecular weight excluding hydrogens is 295 g/mol. The first kappa shape index (κ1) is 13.2. The van der Waals surface area contributed by atoms with Crippen LogP contribution < -0.4 is 5.32 Å². The van der Waals surface area contributed by atoms with Crippen LogP contribution in [0.25, 0.3) is 0 Å². The molecule has 0 aliphatic carbocycles. The van der Waals surface area contributed by atoms with Crippen LogP contribution in [0.15, 0.2) is 47.2 Å². The van der Waals surface area contributed by atoms with E-state index in [1.54, 1.807) is 18.5 Å². The summed E-state index contributed by atoms with van der Waals surface area (Å²) in [5.74, 6) is -0.231. The fraction of sp³-hybridized carbons (Fsp3) is 0.214. The van der Waals surface area contributed by atoms with Crippen molar-refractivity contribution >= 4 is 15.9 Å². The number of nitrogens with zero attached hydrogens (tertiary/aromatic N) is 1. The molecule has 0 spiro atoms. The van der Waals surface area contributed by atoms with E-state index in [4.69, 9.17) is 0 Å². The highest BCUT2D eigenvalue weighted by Crippen LogP contribution is 2.21. The van der Waals surface area contributed by atoms with Crippen molar-refractivity contribution < 1.29 is 4.39 Å². The van der Waals surface area contributed by atoms with E-state index in [9.17, 15) is 4.39 Å². The molecule has 2 nitrogen and oxygen atoms in total. The summed E-state index contributed by atoms with van der Waals surface area (Å²) in [6, 6.07) is 9.20. The second-order valence-electron chi connectivity index (χ2n) is 4.10. The van der Waals surface area contributed by atoms with Crippen LogP contribution in [0.1, 0.15) is 24.1 Å². The Morgan fingerprint density at radius 2 is 2.00 bits per heavy atom. The third-order valence-corrected chi connectivity index (χ3v) is 3.72. The van der Waals surface area contributed by atoms with Crippen LogP contribution in [-0.4, -0.2) is 4.98 Å². The number of rotatable bonds is 4. The second kappa shape index (κ2) is 6.07. The van der Waals surface area contributed by atoms with Crippen molar-refractivity contribution in [3.05, 3.63) is 64.1 Å². The Hall–Kier alpha value is -1.26. The molecule has 0 saturated heterocycles. The number of hydrogen-bond donors (Lipinski definition) is 1. The third-order valence-electron chi connectivity index (χ3n) is 2.84. The number of aromatic nitrogens is 1. The molecule has 0 amide bonds. The van der Waals surface area contributed by atoms with Gasteiger partial charge in [0, 0.05) is 25.0 Å². The van der Waals surface area contributed by atoms with E-state index in [1.807, 2.05) is 18.2 Å². The molecule has 1 N–H and O–H groups in total. The lowest BCUT2D eigenvalue weighted by atomic mass is 10.1. The van der Waals surface area contributed by atoms with Crippen LogP contribution in [0, 0.1) is 5.82 Å². The molecule has 1 heterocycles. The summed E-state index contributed by atoms with van der Waals surface area (Å²) in [5.41, 5.74) is 2.08. The summed E-state index contributed by atoms with van der Waals surface area (Å²) >= 11 is 3.26. The first-order chi connectivity index (χ1) is 8.68. The highest BCUT2D eigenvalue weighted by Gasteiger charge is 2.08. The lowest BCUT2D eigenvalue weighted by Crippen LogP contribution is -2.18. The van der Waals surface area contributed by atoms with E-state index in [-0.39, 0.29) is 11.9 Å². The van der Waals surface area contributed by atoms with Gasteiger partial charge in [-0.1, -0.05) is 12.1 Å². The highest BCUT2D eigenvalue weighted by atomic mass is 79.9. The minimum absolute atomic E-state index is 0.197. The Balaban J connectivity index is 2.02. The Bertz CT molecular complexity index is 516. The molecule has 94 valence electrons. The molecule has 2 aromatic rings. The maximum absolute atomic E-state index is 13.3. The summed E-state index contributed by atoms with van der Waals surface area (Å²) in [6.07, 6.45) is 3.54. The summed E-state index contributed by atoms with van der Waals surface area (Å²) in [6.45, 7) is 2.68. The van der Waals surface area contributed by atoms with Crippen molar-refractivity contribution in [2.45, 2.75) is 19.5 Å². The van der Waals surface area contributed by atoms with Crippen molar-refractivity contribution in [2.75, 3.05) is 0 Å². The summed E-state index contributed by atoms with van der Waals surface area (Å²) in [4.78, 5) is 3.99. The number of nitrogens with one attached hydrogen (secondary N) is 1. The van der Waals surface area contributed by atoms with E-state index in [0.29, 0.717) is 11.0 Å². The van der Waals surface area contributed by atoms with Gasteiger partial charge in [0.05, 0.1) is 4.47 Å². The van der Waals surface area contributed by atoms with E-state index < -0.39 is 0 Å². The van der Waals surface area contributed by atoms with Gasteiger partial charge in [0.25, 0.3) is 0 Å². The van der Waals surface area contributed by atoms with Gasteiger partial charge in [-0.3, -0.25) is 4.98 Å². The predicted molar refractivity (Wildman–Crippen MR) is 73.6 cm³/mol. The van der Waals surface area contributed by atoms with Crippen molar-refractivity contribution in [1.82, 2.24) is 10.3 Å².